The zero-order chi connectivity index (χ0) is 20.0. The highest BCUT2D eigenvalue weighted by Gasteiger charge is 2.33. The van der Waals surface area contributed by atoms with E-state index in [4.69, 9.17) is 4.74 Å². The van der Waals surface area contributed by atoms with Gasteiger partial charge in [0.2, 0.25) is 5.91 Å². The van der Waals surface area contributed by atoms with Crippen molar-refractivity contribution in [3.8, 4) is 0 Å². The number of amides is 4. The number of benzene rings is 1. The molecule has 8 nitrogen and oxygen atoms in total. The molecule has 0 spiro atoms. The third-order valence-corrected chi connectivity index (χ3v) is 4.30. The van der Waals surface area contributed by atoms with Gasteiger partial charge in [-0.2, -0.15) is 0 Å². The number of aryl methyl sites for hydroxylation is 1. The van der Waals surface area contributed by atoms with Crippen LogP contribution in [0.25, 0.3) is 0 Å². The number of carbonyl (C=O) groups is 4. The van der Waals surface area contributed by atoms with Crippen molar-refractivity contribution in [2.75, 3.05) is 25.5 Å². The number of rotatable bonds is 8. The quantitative estimate of drug-likeness (QED) is 0.552. The summed E-state index contributed by atoms with van der Waals surface area (Å²) < 4.78 is 5.12. The number of nitrogens with one attached hydrogen (secondary N) is 1. The van der Waals surface area contributed by atoms with Crippen LogP contribution >= 0.6 is 0 Å². The Balaban J connectivity index is 1.73. The SMILES string of the molecule is CCc1ccc(NC(=O)[C@@H](C)OC(=O)CCCN2C(=O)CN(C)C2=O)cc1. The number of ether oxygens (including phenoxy) is 1. The smallest absolute Gasteiger partial charge is 0.326 e. The summed E-state index contributed by atoms with van der Waals surface area (Å²) in [5.74, 6) is -1.25. The van der Waals surface area contributed by atoms with Gasteiger partial charge in [0.05, 0.1) is 0 Å². The fourth-order valence-electron chi connectivity index (χ4n) is 2.65. The Kier molecular flexibility index (Phi) is 6.92. The van der Waals surface area contributed by atoms with Gasteiger partial charge in [0.25, 0.3) is 5.91 Å². The first kappa shape index (κ1) is 20.4. The Labute approximate surface area is 158 Å². The molecule has 1 aliphatic heterocycles. The van der Waals surface area contributed by atoms with E-state index in [2.05, 4.69) is 5.32 Å². The van der Waals surface area contributed by atoms with Crippen LogP contribution in [-0.4, -0.2) is 59.9 Å². The van der Waals surface area contributed by atoms with Crippen LogP contribution < -0.4 is 5.32 Å². The lowest BCUT2D eigenvalue weighted by molar-refractivity contribution is -0.153. The first-order valence-electron chi connectivity index (χ1n) is 8.96. The van der Waals surface area contributed by atoms with E-state index in [9.17, 15) is 19.2 Å². The van der Waals surface area contributed by atoms with Crippen LogP contribution in [0.4, 0.5) is 10.5 Å². The Morgan fingerprint density at radius 2 is 1.89 bits per heavy atom. The Hall–Kier alpha value is -2.90. The monoisotopic (exact) mass is 375 g/mol. The first-order chi connectivity index (χ1) is 12.8. The highest BCUT2D eigenvalue weighted by Crippen LogP contribution is 2.12. The fraction of sp³-hybridized carbons (Fsp3) is 0.474. The summed E-state index contributed by atoms with van der Waals surface area (Å²) in [4.78, 5) is 49.8. The van der Waals surface area contributed by atoms with Crippen molar-refractivity contribution in [1.82, 2.24) is 9.80 Å². The first-order valence-corrected chi connectivity index (χ1v) is 8.96. The summed E-state index contributed by atoms with van der Waals surface area (Å²) in [7, 11) is 1.55. The number of likely N-dealkylation sites (N-methyl/N-ethyl adjacent to an activating group) is 1. The molecule has 1 fully saturated rings. The molecule has 0 unspecified atom stereocenters. The third kappa shape index (κ3) is 5.54. The van der Waals surface area contributed by atoms with E-state index in [-0.39, 0.29) is 37.9 Å². The van der Waals surface area contributed by atoms with Crippen molar-refractivity contribution in [3.05, 3.63) is 29.8 Å². The maximum atomic E-state index is 12.1. The zero-order valence-corrected chi connectivity index (χ0v) is 15.9. The maximum Gasteiger partial charge on any atom is 0.326 e. The zero-order valence-electron chi connectivity index (χ0n) is 15.9. The average molecular weight is 375 g/mol. The summed E-state index contributed by atoms with van der Waals surface area (Å²) in [6.45, 7) is 3.75. The highest BCUT2D eigenvalue weighted by atomic mass is 16.5. The van der Waals surface area contributed by atoms with Crippen LogP contribution in [0, 0.1) is 0 Å². The molecule has 0 aromatic heterocycles. The van der Waals surface area contributed by atoms with Crippen LogP contribution in [0.5, 0.6) is 0 Å². The van der Waals surface area contributed by atoms with Crippen LogP contribution in [0.15, 0.2) is 24.3 Å². The minimum atomic E-state index is -0.940. The number of nitrogens with zero attached hydrogens (tertiary/aromatic N) is 2. The van der Waals surface area contributed by atoms with Gasteiger partial charge >= 0.3 is 12.0 Å². The van der Waals surface area contributed by atoms with E-state index < -0.39 is 18.0 Å². The van der Waals surface area contributed by atoms with Gasteiger partial charge in [0.1, 0.15) is 6.54 Å². The Bertz CT molecular complexity index is 717. The Morgan fingerprint density at radius 1 is 1.22 bits per heavy atom. The van der Waals surface area contributed by atoms with Crippen LogP contribution in [0.2, 0.25) is 0 Å². The van der Waals surface area contributed by atoms with Crippen LogP contribution in [-0.2, 0) is 25.5 Å². The topological polar surface area (TPSA) is 96.0 Å². The predicted octanol–water partition coefficient (Wildman–Crippen LogP) is 1.79. The molecule has 1 N–H and O–H groups in total. The summed E-state index contributed by atoms with van der Waals surface area (Å²) in [6.07, 6.45) is 0.276. The van der Waals surface area contributed by atoms with E-state index in [0.717, 1.165) is 16.9 Å². The largest absolute Gasteiger partial charge is 0.453 e. The molecule has 1 heterocycles. The van der Waals surface area contributed by atoms with Crippen molar-refractivity contribution < 1.29 is 23.9 Å². The lowest BCUT2D eigenvalue weighted by Crippen LogP contribution is -2.33. The number of imide groups is 1. The molecule has 1 aliphatic rings. The van der Waals surface area contributed by atoms with Crippen molar-refractivity contribution in [1.29, 1.82) is 0 Å². The summed E-state index contributed by atoms with van der Waals surface area (Å²) in [6, 6.07) is 7.07. The van der Waals surface area contributed by atoms with E-state index >= 15 is 0 Å². The molecule has 27 heavy (non-hydrogen) atoms. The molecule has 0 aliphatic carbocycles. The van der Waals surface area contributed by atoms with Gasteiger partial charge in [-0.15, -0.1) is 0 Å². The van der Waals surface area contributed by atoms with Crippen molar-refractivity contribution in [3.63, 3.8) is 0 Å². The van der Waals surface area contributed by atoms with Gasteiger partial charge < -0.3 is 15.0 Å². The molecule has 0 saturated carbocycles. The second kappa shape index (κ2) is 9.16. The second-order valence-electron chi connectivity index (χ2n) is 6.46. The van der Waals surface area contributed by atoms with Gasteiger partial charge in [-0.05, 0) is 37.5 Å². The van der Waals surface area contributed by atoms with E-state index in [1.807, 2.05) is 19.1 Å². The lowest BCUT2D eigenvalue weighted by atomic mass is 10.1. The number of esters is 1. The van der Waals surface area contributed by atoms with E-state index in [1.54, 1.807) is 19.2 Å². The van der Waals surface area contributed by atoms with Crippen LogP contribution in [0.1, 0.15) is 32.3 Å². The summed E-state index contributed by atoms with van der Waals surface area (Å²) in [5, 5.41) is 2.70. The molecular weight excluding hydrogens is 350 g/mol. The minimum absolute atomic E-state index is 0.0175. The molecule has 4 amide bonds. The summed E-state index contributed by atoms with van der Waals surface area (Å²) in [5.41, 5.74) is 1.80. The summed E-state index contributed by atoms with van der Waals surface area (Å²) >= 11 is 0. The third-order valence-electron chi connectivity index (χ3n) is 4.30. The molecule has 0 bridgehead atoms. The van der Waals surface area contributed by atoms with Gasteiger partial charge in [0.15, 0.2) is 6.10 Å². The minimum Gasteiger partial charge on any atom is -0.453 e. The van der Waals surface area contributed by atoms with E-state index in [1.165, 1.54) is 11.8 Å². The van der Waals surface area contributed by atoms with Crippen LogP contribution in [0.3, 0.4) is 0 Å². The lowest BCUT2D eigenvalue weighted by Gasteiger charge is -2.15. The number of urea groups is 1. The highest BCUT2D eigenvalue weighted by molar-refractivity contribution is 6.01. The predicted molar refractivity (Wildman–Crippen MR) is 99.0 cm³/mol. The Morgan fingerprint density at radius 3 is 2.44 bits per heavy atom. The number of anilines is 1. The second-order valence-corrected chi connectivity index (χ2v) is 6.46. The average Bonchev–Trinajstić information content (AvgIpc) is 2.88. The van der Waals surface area contributed by atoms with Crippen molar-refractivity contribution in [2.45, 2.75) is 39.2 Å². The standard InChI is InChI=1S/C19H25N3O5/c1-4-14-7-9-15(10-8-14)20-18(25)13(2)27-17(24)6-5-11-22-16(23)12-21(3)19(22)26/h7-10,13H,4-6,11-12H2,1-3H3,(H,20,25)/t13-/m1/s1. The normalized spacial score (nSPS) is 15.1. The van der Waals surface area contributed by atoms with Gasteiger partial charge in [-0.3, -0.25) is 19.3 Å². The number of carbonyl (C=O) groups excluding carboxylic acids is 4. The van der Waals surface area contributed by atoms with Crippen molar-refractivity contribution in [2.24, 2.45) is 0 Å². The molecule has 1 aromatic carbocycles. The molecule has 1 saturated heterocycles. The molecule has 2 rings (SSSR count). The maximum absolute atomic E-state index is 12.1. The number of hydrogen-bond acceptors (Lipinski definition) is 5. The molecule has 1 aromatic rings. The van der Waals surface area contributed by atoms with Crippen molar-refractivity contribution >= 4 is 29.5 Å². The number of hydrogen-bond donors (Lipinski definition) is 1. The molecule has 0 radical (unpaired) electrons. The molecule has 1 atom stereocenters. The fourth-order valence-corrected chi connectivity index (χ4v) is 2.65. The molecular formula is C19H25N3O5. The molecule has 146 valence electrons. The van der Waals surface area contributed by atoms with Gasteiger partial charge in [-0.1, -0.05) is 19.1 Å². The van der Waals surface area contributed by atoms with Gasteiger partial charge in [0, 0.05) is 25.7 Å². The van der Waals surface area contributed by atoms with Gasteiger partial charge in [-0.25, -0.2) is 4.79 Å². The molecule has 8 heteroatoms. The van der Waals surface area contributed by atoms with E-state index in [0.29, 0.717) is 5.69 Å².